The van der Waals surface area contributed by atoms with E-state index in [2.05, 4.69) is 27.2 Å². The van der Waals surface area contributed by atoms with Gasteiger partial charge in [0.05, 0.1) is 18.1 Å². The summed E-state index contributed by atoms with van der Waals surface area (Å²) in [6, 6.07) is 10.1. The van der Waals surface area contributed by atoms with Gasteiger partial charge in [-0.2, -0.15) is 5.10 Å². The standard InChI is InChI=1S/C12H9ClN4/c13-11-10-6-16-17(12(10)15-8-14-11)7-9-4-2-1-3-5-9/h1-6,8H,7H2. The Balaban J connectivity index is 2.05. The van der Waals surface area contributed by atoms with Gasteiger partial charge in [0, 0.05) is 0 Å². The summed E-state index contributed by atoms with van der Waals surface area (Å²) in [5.74, 6) is 0. The van der Waals surface area contributed by atoms with E-state index in [4.69, 9.17) is 11.6 Å². The van der Waals surface area contributed by atoms with E-state index in [0.717, 1.165) is 11.0 Å². The lowest BCUT2D eigenvalue weighted by atomic mass is 10.2. The molecule has 1 aromatic carbocycles. The molecular weight excluding hydrogens is 236 g/mol. The third-order valence-electron chi connectivity index (χ3n) is 2.56. The minimum absolute atomic E-state index is 0.439. The highest BCUT2D eigenvalue weighted by atomic mass is 35.5. The molecule has 0 saturated carbocycles. The molecule has 0 radical (unpaired) electrons. The lowest BCUT2D eigenvalue weighted by Gasteiger charge is -2.02. The Morgan fingerprint density at radius 2 is 1.94 bits per heavy atom. The van der Waals surface area contributed by atoms with Gasteiger partial charge < -0.3 is 0 Å². The van der Waals surface area contributed by atoms with Crippen LogP contribution in [-0.4, -0.2) is 19.7 Å². The van der Waals surface area contributed by atoms with E-state index in [0.29, 0.717) is 11.7 Å². The van der Waals surface area contributed by atoms with Crippen molar-refractivity contribution < 1.29 is 0 Å². The Hall–Kier alpha value is -1.94. The molecule has 3 rings (SSSR count). The van der Waals surface area contributed by atoms with Crippen LogP contribution in [0.2, 0.25) is 5.15 Å². The fourth-order valence-electron chi connectivity index (χ4n) is 1.74. The molecule has 0 amide bonds. The van der Waals surface area contributed by atoms with Crippen molar-refractivity contribution in [1.82, 2.24) is 19.7 Å². The van der Waals surface area contributed by atoms with Crippen molar-refractivity contribution in [3.63, 3.8) is 0 Å². The van der Waals surface area contributed by atoms with E-state index in [9.17, 15) is 0 Å². The van der Waals surface area contributed by atoms with Gasteiger partial charge in [-0.3, -0.25) is 0 Å². The molecule has 3 aromatic rings. The summed E-state index contributed by atoms with van der Waals surface area (Å²) in [6.45, 7) is 0.678. The summed E-state index contributed by atoms with van der Waals surface area (Å²) >= 11 is 5.97. The van der Waals surface area contributed by atoms with Crippen molar-refractivity contribution in [2.75, 3.05) is 0 Å². The van der Waals surface area contributed by atoms with E-state index in [1.54, 1.807) is 6.20 Å². The highest BCUT2D eigenvalue weighted by Crippen LogP contribution is 2.18. The highest BCUT2D eigenvalue weighted by Gasteiger charge is 2.07. The Labute approximate surface area is 103 Å². The van der Waals surface area contributed by atoms with Crippen LogP contribution in [0.4, 0.5) is 0 Å². The SMILES string of the molecule is Clc1ncnc2c1cnn2Cc1ccccc1. The second kappa shape index (κ2) is 4.14. The zero-order valence-electron chi connectivity index (χ0n) is 8.92. The van der Waals surface area contributed by atoms with Crippen molar-refractivity contribution >= 4 is 22.6 Å². The number of aromatic nitrogens is 4. The predicted molar refractivity (Wildman–Crippen MR) is 65.9 cm³/mol. The molecule has 84 valence electrons. The van der Waals surface area contributed by atoms with Crippen molar-refractivity contribution in [2.24, 2.45) is 0 Å². The van der Waals surface area contributed by atoms with Crippen molar-refractivity contribution in [2.45, 2.75) is 6.54 Å². The molecular formula is C12H9ClN4. The first-order valence-corrected chi connectivity index (χ1v) is 5.58. The average molecular weight is 245 g/mol. The number of halogens is 1. The molecule has 0 bridgehead atoms. The van der Waals surface area contributed by atoms with Crippen molar-refractivity contribution in [3.8, 4) is 0 Å². The molecule has 0 aliphatic rings. The topological polar surface area (TPSA) is 43.6 Å². The second-order valence-corrected chi connectivity index (χ2v) is 4.05. The lowest BCUT2D eigenvalue weighted by Crippen LogP contribution is -2.02. The van der Waals surface area contributed by atoms with Gasteiger partial charge in [0.25, 0.3) is 0 Å². The number of rotatable bonds is 2. The van der Waals surface area contributed by atoms with Gasteiger partial charge in [0.2, 0.25) is 0 Å². The Morgan fingerprint density at radius 1 is 1.12 bits per heavy atom. The van der Waals surface area contributed by atoms with Crippen LogP contribution in [0.25, 0.3) is 11.0 Å². The minimum Gasteiger partial charge on any atom is -0.243 e. The maximum Gasteiger partial charge on any atom is 0.162 e. The summed E-state index contributed by atoms with van der Waals surface area (Å²) < 4.78 is 1.82. The highest BCUT2D eigenvalue weighted by molar-refractivity contribution is 6.33. The van der Waals surface area contributed by atoms with Crippen molar-refractivity contribution in [3.05, 3.63) is 53.6 Å². The van der Waals surface area contributed by atoms with Crippen LogP contribution in [-0.2, 0) is 6.54 Å². The number of hydrogen-bond donors (Lipinski definition) is 0. The van der Waals surface area contributed by atoms with Crippen LogP contribution in [0.5, 0.6) is 0 Å². The third kappa shape index (κ3) is 1.87. The van der Waals surface area contributed by atoms with E-state index in [-0.39, 0.29) is 0 Å². The molecule has 4 nitrogen and oxygen atoms in total. The molecule has 2 aromatic heterocycles. The molecule has 0 aliphatic carbocycles. The Morgan fingerprint density at radius 3 is 2.76 bits per heavy atom. The normalized spacial score (nSPS) is 10.9. The molecule has 0 spiro atoms. The summed E-state index contributed by atoms with van der Waals surface area (Å²) in [7, 11) is 0. The van der Waals surface area contributed by atoms with Gasteiger partial charge in [-0.15, -0.1) is 0 Å². The molecule has 0 saturated heterocycles. The van der Waals surface area contributed by atoms with Crippen LogP contribution in [0.3, 0.4) is 0 Å². The second-order valence-electron chi connectivity index (χ2n) is 3.69. The van der Waals surface area contributed by atoms with Crippen LogP contribution in [0.1, 0.15) is 5.56 Å². The van der Waals surface area contributed by atoms with Crippen LogP contribution in [0, 0.1) is 0 Å². The van der Waals surface area contributed by atoms with E-state index >= 15 is 0 Å². The van der Waals surface area contributed by atoms with E-state index in [1.165, 1.54) is 11.9 Å². The third-order valence-corrected chi connectivity index (χ3v) is 2.86. The molecule has 0 atom stereocenters. The fraction of sp³-hybridized carbons (Fsp3) is 0.0833. The molecule has 0 unspecified atom stereocenters. The zero-order chi connectivity index (χ0) is 11.7. The smallest absolute Gasteiger partial charge is 0.162 e. The summed E-state index contributed by atoms with van der Waals surface area (Å²) in [4.78, 5) is 8.13. The molecule has 0 fully saturated rings. The summed E-state index contributed by atoms with van der Waals surface area (Å²) in [5, 5.41) is 5.50. The lowest BCUT2D eigenvalue weighted by molar-refractivity contribution is 0.703. The molecule has 5 heteroatoms. The molecule has 17 heavy (non-hydrogen) atoms. The van der Waals surface area contributed by atoms with Gasteiger partial charge >= 0.3 is 0 Å². The summed E-state index contributed by atoms with van der Waals surface area (Å²) in [5.41, 5.74) is 1.93. The average Bonchev–Trinajstić information content (AvgIpc) is 2.76. The predicted octanol–water partition coefficient (Wildman–Crippen LogP) is 2.53. The number of hydrogen-bond acceptors (Lipinski definition) is 3. The van der Waals surface area contributed by atoms with Gasteiger partial charge in [-0.25, -0.2) is 14.6 Å². The monoisotopic (exact) mass is 244 g/mol. The number of benzene rings is 1. The van der Waals surface area contributed by atoms with Gasteiger partial charge in [0.15, 0.2) is 5.65 Å². The van der Waals surface area contributed by atoms with Gasteiger partial charge in [-0.1, -0.05) is 41.9 Å². The first-order chi connectivity index (χ1) is 8.34. The van der Waals surface area contributed by atoms with Crippen molar-refractivity contribution in [1.29, 1.82) is 0 Å². The van der Waals surface area contributed by atoms with Crippen LogP contribution in [0.15, 0.2) is 42.9 Å². The van der Waals surface area contributed by atoms with Crippen LogP contribution < -0.4 is 0 Å². The zero-order valence-corrected chi connectivity index (χ0v) is 9.67. The molecule has 0 N–H and O–H groups in total. The van der Waals surface area contributed by atoms with Gasteiger partial charge in [-0.05, 0) is 5.56 Å². The summed E-state index contributed by atoms with van der Waals surface area (Å²) in [6.07, 6.45) is 3.15. The minimum atomic E-state index is 0.439. The Bertz CT molecular complexity index is 648. The first kappa shape index (κ1) is 10.2. The van der Waals surface area contributed by atoms with E-state index in [1.807, 2.05) is 22.9 Å². The van der Waals surface area contributed by atoms with Gasteiger partial charge in [0.1, 0.15) is 11.5 Å². The largest absolute Gasteiger partial charge is 0.243 e. The number of fused-ring (bicyclic) bond motifs is 1. The number of nitrogens with zero attached hydrogens (tertiary/aromatic N) is 4. The molecule has 2 heterocycles. The molecule has 0 aliphatic heterocycles. The fourth-order valence-corrected chi connectivity index (χ4v) is 1.91. The maximum atomic E-state index is 5.97. The van der Waals surface area contributed by atoms with E-state index < -0.39 is 0 Å². The first-order valence-electron chi connectivity index (χ1n) is 5.20. The quantitative estimate of drug-likeness (QED) is 0.651. The Kier molecular flexibility index (Phi) is 2.49. The van der Waals surface area contributed by atoms with Crippen LogP contribution >= 0.6 is 11.6 Å². The maximum absolute atomic E-state index is 5.97.